The Morgan fingerprint density at radius 3 is 2.56 bits per heavy atom. The van der Waals surface area contributed by atoms with Gasteiger partial charge in [-0.15, -0.1) is 0 Å². The summed E-state index contributed by atoms with van der Waals surface area (Å²) in [7, 11) is 0. The van der Waals surface area contributed by atoms with Gasteiger partial charge < -0.3 is 21.5 Å². The van der Waals surface area contributed by atoms with E-state index in [-0.39, 0.29) is 17.7 Å². The molecule has 0 saturated carbocycles. The van der Waals surface area contributed by atoms with E-state index in [1.54, 1.807) is 12.1 Å². The van der Waals surface area contributed by atoms with E-state index in [2.05, 4.69) is 53.1 Å². The quantitative estimate of drug-likeness (QED) is 0.474. The van der Waals surface area contributed by atoms with Gasteiger partial charge in [-0.3, -0.25) is 4.79 Å². The van der Waals surface area contributed by atoms with Gasteiger partial charge in [0.25, 0.3) is 0 Å². The largest absolute Gasteiger partial charge is 0.508 e. The van der Waals surface area contributed by atoms with E-state index in [1.165, 1.54) is 11.1 Å². The molecule has 0 saturated heterocycles. The van der Waals surface area contributed by atoms with Crippen molar-refractivity contribution in [2.45, 2.75) is 45.2 Å². The van der Waals surface area contributed by atoms with Crippen LogP contribution in [-0.4, -0.2) is 23.6 Å². The number of phenols is 1. The maximum atomic E-state index is 13.0. The molecule has 0 unspecified atom stereocenters. The van der Waals surface area contributed by atoms with E-state index in [9.17, 15) is 9.90 Å². The minimum atomic E-state index is -0.650. The minimum Gasteiger partial charge on any atom is -0.508 e. The number of benzene rings is 3. The van der Waals surface area contributed by atoms with Gasteiger partial charge in [-0.05, 0) is 78.6 Å². The van der Waals surface area contributed by atoms with Gasteiger partial charge in [0.05, 0.1) is 12.1 Å². The number of phenolic OH excluding ortho intramolecular Hbond substituents is 1. The first-order valence-corrected chi connectivity index (χ1v) is 11.2. The Kier molecular flexibility index (Phi) is 6.47. The lowest BCUT2D eigenvalue weighted by molar-refractivity contribution is -0.123. The maximum absolute atomic E-state index is 13.0. The van der Waals surface area contributed by atoms with Crippen molar-refractivity contribution in [3.05, 3.63) is 94.0 Å². The summed E-state index contributed by atoms with van der Waals surface area (Å²) in [5, 5.41) is 16.5. The molecule has 5 nitrogen and oxygen atoms in total. The average Bonchev–Trinajstić information content (AvgIpc) is 2.77. The summed E-state index contributed by atoms with van der Waals surface area (Å²) in [5.41, 5.74) is 13.9. The Morgan fingerprint density at radius 1 is 1.12 bits per heavy atom. The number of rotatable bonds is 6. The number of nitrogens with one attached hydrogen (secondary N) is 2. The number of hydrogen-bond acceptors (Lipinski definition) is 4. The summed E-state index contributed by atoms with van der Waals surface area (Å²) in [6.07, 6.45) is 2.10. The Labute approximate surface area is 189 Å². The third-order valence-corrected chi connectivity index (χ3v) is 6.29. The van der Waals surface area contributed by atoms with Crippen molar-refractivity contribution < 1.29 is 9.90 Å². The zero-order valence-electron chi connectivity index (χ0n) is 18.7. The number of para-hydroxylation sites is 1. The van der Waals surface area contributed by atoms with Crippen LogP contribution in [0.5, 0.6) is 5.75 Å². The van der Waals surface area contributed by atoms with Gasteiger partial charge in [-0.1, -0.05) is 48.5 Å². The highest BCUT2D eigenvalue weighted by atomic mass is 16.3. The van der Waals surface area contributed by atoms with Crippen LogP contribution in [0.15, 0.2) is 60.7 Å². The number of carbonyl (C=O) groups is 1. The molecule has 5 N–H and O–H groups in total. The minimum absolute atomic E-state index is 0.0671. The Hall–Kier alpha value is -3.31. The molecule has 4 rings (SSSR count). The predicted octanol–water partition coefficient (Wildman–Crippen LogP) is 4.14. The fraction of sp³-hybridized carbons (Fsp3) is 0.296. The molecule has 1 aliphatic heterocycles. The smallest absolute Gasteiger partial charge is 0.237 e. The number of nitrogens with two attached hydrogens (primary N) is 1. The van der Waals surface area contributed by atoms with Gasteiger partial charge in [-0.2, -0.15) is 0 Å². The highest BCUT2D eigenvalue weighted by Crippen LogP contribution is 2.34. The number of hydrogen-bond donors (Lipinski definition) is 4. The monoisotopic (exact) mass is 429 g/mol. The van der Waals surface area contributed by atoms with Crippen LogP contribution in [-0.2, 0) is 17.6 Å². The van der Waals surface area contributed by atoms with Crippen molar-refractivity contribution >= 4 is 11.6 Å². The van der Waals surface area contributed by atoms with Crippen molar-refractivity contribution in [2.24, 2.45) is 5.73 Å². The van der Waals surface area contributed by atoms with Crippen molar-refractivity contribution in [1.29, 1.82) is 0 Å². The van der Waals surface area contributed by atoms with Crippen LogP contribution < -0.4 is 16.4 Å². The molecule has 0 aliphatic carbocycles. The molecule has 0 fully saturated rings. The summed E-state index contributed by atoms with van der Waals surface area (Å²) in [6.45, 7) is 4.67. The molecule has 1 heterocycles. The lowest BCUT2D eigenvalue weighted by atomic mass is 9.91. The van der Waals surface area contributed by atoms with Gasteiger partial charge in [-0.25, -0.2) is 0 Å². The number of fused-ring (bicyclic) bond motifs is 1. The van der Waals surface area contributed by atoms with Crippen molar-refractivity contribution in [2.75, 3.05) is 11.9 Å². The van der Waals surface area contributed by atoms with Gasteiger partial charge in [0, 0.05) is 12.2 Å². The molecule has 3 aromatic rings. The second-order valence-electron chi connectivity index (χ2n) is 8.69. The summed E-state index contributed by atoms with van der Waals surface area (Å²) >= 11 is 0. The second kappa shape index (κ2) is 9.45. The van der Waals surface area contributed by atoms with Gasteiger partial charge in [0.15, 0.2) is 0 Å². The number of aryl methyl sites for hydroxylation is 2. The van der Waals surface area contributed by atoms with Crippen molar-refractivity contribution in [3.63, 3.8) is 0 Å². The van der Waals surface area contributed by atoms with Crippen LogP contribution in [0.2, 0.25) is 0 Å². The first kappa shape index (κ1) is 21.9. The summed E-state index contributed by atoms with van der Waals surface area (Å²) < 4.78 is 0. The molecule has 2 atom stereocenters. The van der Waals surface area contributed by atoms with E-state index >= 15 is 0 Å². The first-order valence-electron chi connectivity index (χ1n) is 11.2. The topological polar surface area (TPSA) is 87.4 Å². The third-order valence-electron chi connectivity index (χ3n) is 6.29. The van der Waals surface area contributed by atoms with E-state index in [0.717, 1.165) is 47.3 Å². The predicted molar refractivity (Wildman–Crippen MR) is 129 cm³/mol. The standard InChI is InChI=1S/C27H31N3O2/c1-17-13-21(31)14-18(2)23(17)16-24(28)27(32)30-25-11-12-29-26-20(9-6-10-22(25)26)15-19-7-4-3-5-8-19/h3-10,13-14,24-25,29,31H,11-12,15-16,28H2,1-2H3,(H,30,32)/t24-,25+/m0/s1. The molecule has 1 amide bonds. The zero-order valence-corrected chi connectivity index (χ0v) is 18.7. The van der Waals surface area contributed by atoms with Crippen LogP contribution in [0.1, 0.15) is 45.8 Å². The molecule has 0 radical (unpaired) electrons. The number of anilines is 1. The van der Waals surface area contributed by atoms with E-state index < -0.39 is 6.04 Å². The molecule has 0 aromatic heterocycles. The molecule has 0 bridgehead atoms. The lowest BCUT2D eigenvalue weighted by Gasteiger charge is -2.30. The van der Waals surface area contributed by atoms with Gasteiger partial charge in [0.1, 0.15) is 5.75 Å². The Morgan fingerprint density at radius 2 is 1.84 bits per heavy atom. The highest BCUT2D eigenvalue weighted by molar-refractivity contribution is 5.83. The molecular formula is C27H31N3O2. The fourth-order valence-electron chi connectivity index (χ4n) is 4.62. The van der Waals surface area contributed by atoms with Crippen LogP contribution in [0, 0.1) is 13.8 Å². The fourth-order valence-corrected chi connectivity index (χ4v) is 4.62. The SMILES string of the molecule is Cc1cc(O)cc(C)c1C[C@H](N)C(=O)N[C@@H]1CCNc2c(Cc3ccccc3)cccc21. The molecular weight excluding hydrogens is 398 g/mol. The molecule has 5 heteroatoms. The van der Waals surface area contributed by atoms with Crippen LogP contribution in [0.4, 0.5) is 5.69 Å². The van der Waals surface area contributed by atoms with Crippen molar-refractivity contribution in [1.82, 2.24) is 5.32 Å². The van der Waals surface area contributed by atoms with Gasteiger partial charge >= 0.3 is 0 Å². The summed E-state index contributed by atoms with van der Waals surface area (Å²) in [4.78, 5) is 13.0. The highest BCUT2D eigenvalue weighted by Gasteiger charge is 2.26. The Bertz CT molecular complexity index is 1090. The normalized spacial score (nSPS) is 16.0. The van der Waals surface area contributed by atoms with Gasteiger partial charge in [0.2, 0.25) is 5.91 Å². The molecule has 166 valence electrons. The lowest BCUT2D eigenvalue weighted by Crippen LogP contribution is -2.44. The maximum Gasteiger partial charge on any atom is 0.237 e. The molecule has 0 spiro atoms. The Balaban J connectivity index is 1.49. The van der Waals surface area contributed by atoms with E-state index in [4.69, 9.17) is 5.73 Å². The zero-order chi connectivity index (χ0) is 22.7. The van der Waals surface area contributed by atoms with Crippen molar-refractivity contribution in [3.8, 4) is 5.75 Å². The first-order chi connectivity index (χ1) is 15.4. The van der Waals surface area contributed by atoms with Crippen LogP contribution >= 0.6 is 0 Å². The average molecular weight is 430 g/mol. The van der Waals surface area contributed by atoms with Crippen LogP contribution in [0.25, 0.3) is 0 Å². The summed E-state index contributed by atoms with van der Waals surface area (Å²) in [5.74, 6) is 0.0857. The molecule has 1 aliphatic rings. The van der Waals surface area contributed by atoms with E-state index in [0.29, 0.717) is 6.42 Å². The number of aromatic hydroxyl groups is 1. The second-order valence-corrected chi connectivity index (χ2v) is 8.69. The number of carbonyl (C=O) groups excluding carboxylic acids is 1. The molecule has 3 aromatic carbocycles. The summed E-state index contributed by atoms with van der Waals surface area (Å²) in [6, 6.07) is 19.4. The molecule has 32 heavy (non-hydrogen) atoms. The third kappa shape index (κ3) is 4.78. The van der Waals surface area contributed by atoms with E-state index in [1.807, 2.05) is 19.9 Å². The van der Waals surface area contributed by atoms with Crippen LogP contribution in [0.3, 0.4) is 0 Å². The number of amides is 1.